The fraction of sp³-hybridized carbons (Fsp3) is 0.556. The van der Waals surface area contributed by atoms with E-state index in [0.29, 0.717) is 12.2 Å². The number of hydrogen-bond donors (Lipinski definition) is 1. The summed E-state index contributed by atoms with van der Waals surface area (Å²) in [6.07, 6.45) is 1.15. The monoisotopic (exact) mass is 185 g/mol. The van der Waals surface area contributed by atoms with Crippen LogP contribution in [-0.4, -0.2) is 18.5 Å². The number of hydrogen-bond acceptors (Lipinski definition) is 3. The van der Waals surface area contributed by atoms with Crippen LogP contribution in [-0.2, 0) is 14.3 Å². The fourth-order valence-corrected chi connectivity index (χ4v) is 0.833. The first-order valence-electron chi connectivity index (χ1n) is 4.17. The number of esters is 1. The van der Waals surface area contributed by atoms with Crippen molar-refractivity contribution >= 4 is 11.9 Å². The Labute approximate surface area is 77.7 Å². The zero-order valence-electron chi connectivity index (χ0n) is 8.16. The Kier molecular flexibility index (Phi) is 4.80. The van der Waals surface area contributed by atoms with Crippen LogP contribution in [0.4, 0.5) is 0 Å². The molecule has 0 rings (SSSR count). The first-order chi connectivity index (χ1) is 5.99. The van der Waals surface area contributed by atoms with Crippen molar-refractivity contribution in [2.75, 3.05) is 6.61 Å². The van der Waals surface area contributed by atoms with Gasteiger partial charge in [0.25, 0.3) is 0 Å². The van der Waals surface area contributed by atoms with Crippen LogP contribution in [0.5, 0.6) is 0 Å². The second kappa shape index (κ2) is 5.35. The fourth-order valence-electron chi connectivity index (χ4n) is 0.833. The smallest absolute Gasteiger partial charge is 0.331 e. The molecule has 4 heteroatoms. The molecule has 13 heavy (non-hydrogen) atoms. The van der Waals surface area contributed by atoms with Gasteiger partial charge in [0.05, 0.1) is 6.61 Å². The molecule has 0 saturated carbocycles. The van der Waals surface area contributed by atoms with Gasteiger partial charge >= 0.3 is 5.97 Å². The number of carbonyl (C=O) groups excluding carboxylic acids is 2. The Morgan fingerprint density at radius 1 is 1.46 bits per heavy atom. The molecule has 0 aromatic rings. The SMILES string of the molecule is CCOC(=O)/C=C(\C(N)=O)C(C)C. The number of carbonyl (C=O) groups is 2. The molecule has 0 aliphatic rings. The van der Waals surface area contributed by atoms with Crippen LogP contribution in [0.1, 0.15) is 20.8 Å². The molecule has 0 atom stereocenters. The normalized spacial score (nSPS) is 11.5. The summed E-state index contributed by atoms with van der Waals surface area (Å²) in [5.74, 6) is -1.17. The lowest BCUT2D eigenvalue weighted by atomic mass is 10.0. The standard InChI is InChI=1S/C9H15NO3/c1-4-13-8(11)5-7(6(2)3)9(10)12/h5-6H,4H2,1-3H3,(H2,10,12)/b7-5-. The van der Waals surface area contributed by atoms with Gasteiger partial charge in [0.1, 0.15) is 0 Å². The summed E-state index contributed by atoms with van der Waals surface area (Å²) >= 11 is 0. The molecular weight excluding hydrogens is 170 g/mol. The third-order valence-corrected chi connectivity index (χ3v) is 1.47. The van der Waals surface area contributed by atoms with E-state index in [0.717, 1.165) is 6.08 Å². The van der Waals surface area contributed by atoms with Crippen molar-refractivity contribution in [2.24, 2.45) is 11.7 Å². The van der Waals surface area contributed by atoms with Crippen molar-refractivity contribution in [3.63, 3.8) is 0 Å². The Hall–Kier alpha value is -1.32. The molecule has 0 aromatic carbocycles. The maximum atomic E-state index is 11.0. The molecule has 0 heterocycles. The van der Waals surface area contributed by atoms with Gasteiger partial charge < -0.3 is 10.5 Å². The Morgan fingerprint density at radius 3 is 2.31 bits per heavy atom. The summed E-state index contributed by atoms with van der Waals surface area (Å²) in [6.45, 7) is 5.57. The predicted molar refractivity (Wildman–Crippen MR) is 48.7 cm³/mol. The van der Waals surface area contributed by atoms with Crippen molar-refractivity contribution in [3.8, 4) is 0 Å². The van der Waals surface area contributed by atoms with Crippen LogP contribution in [0.3, 0.4) is 0 Å². The Morgan fingerprint density at radius 2 is 2.00 bits per heavy atom. The van der Waals surface area contributed by atoms with Crippen LogP contribution in [0.15, 0.2) is 11.6 Å². The summed E-state index contributed by atoms with van der Waals surface area (Å²) in [5.41, 5.74) is 5.36. The van der Waals surface area contributed by atoms with Gasteiger partial charge in [-0.1, -0.05) is 13.8 Å². The lowest BCUT2D eigenvalue weighted by Gasteiger charge is -2.06. The number of primary amides is 1. The molecule has 0 unspecified atom stereocenters. The minimum atomic E-state index is -0.581. The van der Waals surface area contributed by atoms with Crippen molar-refractivity contribution < 1.29 is 14.3 Å². The molecule has 0 aromatic heterocycles. The quantitative estimate of drug-likeness (QED) is 0.515. The number of rotatable bonds is 4. The number of amides is 1. The van der Waals surface area contributed by atoms with Crippen LogP contribution in [0, 0.1) is 5.92 Å². The van der Waals surface area contributed by atoms with Gasteiger partial charge in [0, 0.05) is 11.6 Å². The number of ether oxygens (including phenoxy) is 1. The third kappa shape index (κ3) is 4.30. The molecule has 0 saturated heterocycles. The van der Waals surface area contributed by atoms with Gasteiger partial charge in [-0.3, -0.25) is 4.79 Å². The predicted octanol–water partition coefficient (Wildman–Crippen LogP) is 0.617. The van der Waals surface area contributed by atoms with E-state index in [1.54, 1.807) is 20.8 Å². The average molecular weight is 185 g/mol. The van der Waals surface area contributed by atoms with Crippen molar-refractivity contribution in [1.82, 2.24) is 0 Å². The van der Waals surface area contributed by atoms with Gasteiger partial charge in [-0.2, -0.15) is 0 Å². The van der Waals surface area contributed by atoms with Crippen molar-refractivity contribution in [2.45, 2.75) is 20.8 Å². The highest BCUT2D eigenvalue weighted by Crippen LogP contribution is 2.08. The molecule has 0 radical (unpaired) electrons. The van der Waals surface area contributed by atoms with Gasteiger partial charge in [-0.15, -0.1) is 0 Å². The van der Waals surface area contributed by atoms with Crippen LogP contribution in [0.2, 0.25) is 0 Å². The summed E-state index contributed by atoms with van der Waals surface area (Å²) in [4.78, 5) is 21.8. The van der Waals surface area contributed by atoms with Gasteiger partial charge in [0.15, 0.2) is 0 Å². The minimum Gasteiger partial charge on any atom is -0.463 e. The molecule has 2 N–H and O–H groups in total. The highest BCUT2D eigenvalue weighted by Gasteiger charge is 2.11. The lowest BCUT2D eigenvalue weighted by molar-refractivity contribution is -0.137. The molecule has 0 fully saturated rings. The summed E-state index contributed by atoms with van der Waals surface area (Å²) in [7, 11) is 0. The zero-order chi connectivity index (χ0) is 10.4. The van der Waals surface area contributed by atoms with E-state index in [-0.39, 0.29) is 5.92 Å². The molecule has 0 aliphatic heterocycles. The highest BCUT2D eigenvalue weighted by atomic mass is 16.5. The summed E-state index contributed by atoms with van der Waals surface area (Å²) in [6, 6.07) is 0. The van der Waals surface area contributed by atoms with E-state index < -0.39 is 11.9 Å². The average Bonchev–Trinajstić information content (AvgIpc) is 1.99. The largest absolute Gasteiger partial charge is 0.463 e. The molecule has 0 spiro atoms. The van der Waals surface area contributed by atoms with Gasteiger partial charge in [-0.25, -0.2) is 4.79 Å². The van der Waals surface area contributed by atoms with E-state index in [2.05, 4.69) is 4.74 Å². The molecular formula is C9H15NO3. The first kappa shape index (κ1) is 11.7. The van der Waals surface area contributed by atoms with E-state index in [4.69, 9.17) is 5.73 Å². The van der Waals surface area contributed by atoms with Crippen LogP contribution < -0.4 is 5.73 Å². The Balaban J connectivity index is 4.54. The highest BCUT2D eigenvalue weighted by molar-refractivity contribution is 5.98. The van der Waals surface area contributed by atoms with Gasteiger partial charge in [0.2, 0.25) is 5.91 Å². The summed E-state index contributed by atoms with van der Waals surface area (Å²) < 4.78 is 4.65. The van der Waals surface area contributed by atoms with E-state index >= 15 is 0 Å². The molecule has 4 nitrogen and oxygen atoms in total. The molecule has 0 aliphatic carbocycles. The molecule has 1 amide bonds. The molecule has 74 valence electrons. The van der Waals surface area contributed by atoms with E-state index in [9.17, 15) is 9.59 Å². The van der Waals surface area contributed by atoms with Gasteiger partial charge in [-0.05, 0) is 12.8 Å². The number of nitrogens with two attached hydrogens (primary N) is 1. The second-order valence-electron chi connectivity index (χ2n) is 2.87. The van der Waals surface area contributed by atoms with Crippen molar-refractivity contribution in [3.05, 3.63) is 11.6 Å². The maximum Gasteiger partial charge on any atom is 0.331 e. The minimum absolute atomic E-state index is 0.0677. The molecule has 0 bridgehead atoms. The second-order valence-corrected chi connectivity index (χ2v) is 2.87. The van der Waals surface area contributed by atoms with Crippen LogP contribution >= 0.6 is 0 Å². The third-order valence-electron chi connectivity index (χ3n) is 1.47. The topological polar surface area (TPSA) is 69.4 Å². The van der Waals surface area contributed by atoms with E-state index in [1.165, 1.54) is 0 Å². The van der Waals surface area contributed by atoms with Crippen LogP contribution in [0.25, 0.3) is 0 Å². The maximum absolute atomic E-state index is 11.0. The summed E-state index contributed by atoms with van der Waals surface area (Å²) in [5, 5.41) is 0. The lowest BCUT2D eigenvalue weighted by Crippen LogP contribution is -2.19. The first-order valence-corrected chi connectivity index (χ1v) is 4.17. The van der Waals surface area contributed by atoms with Crippen molar-refractivity contribution in [1.29, 1.82) is 0 Å². The zero-order valence-corrected chi connectivity index (χ0v) is 8.16. The Bertz CT molecular complexity index is 231. The van der Waals surface area contributed by atoms with E-state index in [1.807, 2.05) is 0 Å².